The van der Waals surface area contributed by atoms with Crippen molar-refractivity contribution in [1.29, 1.82) is 0 Å². The van der Waals surface area contributed by atoms with Crippen LogP contribution in [0.4, 0.5) is 0 Å². The second kappa shape index (κ2) is 22.8. The molecule has 1 unspecified atom stereocenters. The minimum absolute atomic E-state index is 0.968. The van der Waals surface area contributed by atoms with E-state index in [4.69, 9.17) is 0 Å². The molecule has 0 fully saturated rings. The first-order chi connectivity index (χ1) is 6.31. The Kier molecular flexibility index (Phi) is 33.4. The van der Waals surface area contributed by atoms with Gasteiger partial charge < -0.3 is 0 Å². The van der Waals surface area contributed by atoms with Gasteiger partial charge in [0.05, 0.1) is 0 Å². The van der Waals surface area contributed by atoms with Gasteiger partial charge in [0.15, 0.2) is 0 Å². The van der Waals surface area contributed by atoms with Crippen molar-refractivity contribution in [3.8, 4) is 0 Å². The number of unbranched alkanes of at least 4 members (excludes halogenated alkanes) is 1. The summed E-state index contributed by atoms with van der Waals surface area (Å²) < 4.78 is 0. The second-order valence-electron chi connectivity index (χ2n) is 3.04. The molecule has 0 saturated carbocycles. The fourth-order valence-electron chi connectivity index (χ4n) is 1.19. The first kappa shape index (κ1) is 19.0. The summed E-state index contributed by atoms with van der Waals surface area (Å²) in [6, 6.07) is 0. The van der Waals surface area contributed by atoms with Crippen LogP contribution in [0.1, 0.15) is 66.7 Å². The molecular formula is C12H30S. The van der Waals surface area contributed by atoms with Crippen LogP contribution in [0.15, 0.2) is 0 Å². The monoisotopic (exact) mass is 206 g/mol. The summed E-state index contributed by atoms with van der Waals surface area (Å²) >= 11 is 3.53. The highest BCUT2D eigenvalue weighted by Crippen LogP contribution is 2.12. The topological polar surface area (TPSA) is 0 Å². The Morgan fingerprint density at radius 3 is 1.69 bits per heavy atom. The molecule has 0 saturated heterocycles. The third-order valence-corrected chi connectivity index (χ3v) is 1.83. The summed E-state index contributed by atoms with van der Waals surface area (Å²) in [5.74, 6) is 0.968. The lowest BCUT2D eigenvalue weighted by atomic mass is 10.00. The molecule has 0 bridgehead atoms. The van der Waals surface area contributed by atoms with E-state index in [2.05, 4.69) is 33.4 Å². The molecule has 0 aliphatic rings. The highest BCUT2D eigenvalue weighted by atomic mass is 32.1. The Morgan fingerprint density at radius 2 is 1.38 bits per heavy atom. The Hall–Kier alpha value is 0.350. The minimum Gasteiger partial charge on any atom is -0.183 e. The summed E-state index contributed by atoms with van der Waals surface area (Å²) in [7, 11) is 0. The van der Waals surface area contributed by atoms with Crippen LogP contribution in [-0.4, -0.2) is 6.26 Å². The van der Waals surface area contributed by atoms with Crippen LogP contribution in [0.5, 0.6) is 0 Å². The van der Waals surface area contributed by atoms with Gasteiger partial charge in [-0.3, -0.25) is 0 Å². The maximum absolute atomic E-state index is 3.53. The molecular weight excluding hydrogens is 176 g/mol. The summed E-state index contributed by atoms with van der Waals surface area (Å²) in [5, 5.41) is 0. The van der Waals surface area contributed by atoms with Gasteiger partial charge in [0.2, 0.25) is 0 Å². The van der Waals surface area contributed by atoms with Gasteiger partial charge in [0, 0.05) is 0 Å². The number of rotatable bonds is 5. The maximum Gasteiger partial charge on any atom is -0.0215 e. The zero-order valence-corrected chi connectivity index (χ0v) is 11.5. The molecule has 13 heavy (non-hydrogen) atoms. The largest absolute Gasteiger partial charge is 0.183 e. The van der Waals surface area contributed by atoms with E-state index in [1.165, 1.54) is 32.1 Å². The molecule has 0 aromatic heterocycles. The van der Waals surface area contributed by atoms with Crippen LogP contribution in [0.25, 0.3) is 0 Å². The van der Waals surface area contributed by atoms with Gasteiger partial charge in [-0.15, -0.1) is 0 Å². The van der Waals surface area contributed by atoms with Crippen LogP contribution >= 0.6 is 12.6 Å². The van der Waals surface area contributed by atoms with E-state index in [1.54, 1.807) is 6.26 Å². The highest BCUT2D eigenvalue weighted by molar-refractivity contribution is 7.79. The van der Waals surface area contributed by atoms with Crippen molar-refractivity contribution >= 4 is 12.6 Å². The molecule has 84 valence electrons. The van der Waals surface area contributed by atoms with E-state index >= 15 is 0 Å². The van der Waals surface area contributed by atoms with Crippen LogP contribution in [-0.2, 0) is 0 Å². The van der Waals surface area contributed by atoms with Gasteiger partial charge in [-0.1, -0.05) is 66.7 Å². The van der Waals surface area contributed by atoms with Crippen molar-refractivity contribution in [2.45, 2.75) is 66.7 Å². The number of thiol groups is 1. The fourth-order valence-corrected chi connectivity index (χ4v) is 1.19. The van der Waals surface area contributed by atoms with Crippen molar-refractivity contribution in [2.24, 2.45) is 5.92 Å². The molecule has 1 atom stereocenters. The van der Waals surface area contributed by atoms with E-state index in [-0.39, 0.29) is 0 Å². The lowest BCUT2D eigenvalue weighted by Crippen LogP contribution is -1.92. The van der Waals surface area contributed by atoms with Crippen molar-refractivity contribution in [3.05, 3.63) is 0 Å². The quantitative estimate of drug-likeness (QED) is 0.588. The Bertz CT molecular complexity index is 53.1. The van der Waals surface area contributed by atoms with E-state index in [1.807, 2.05) is 13.8 Å². The Morgan fingerprint density at radius 1 is 0.923 bits per heavy atom. The third kappa shape index (κ3) is 24.5. The molecule has 0 aromatic carbocycles. The van der Waals surface area contributed by atoms with Crippen LogP contribution in [0.3, 0.4) is 0 Å². The van der Waals surface area contributed by atoms with Crippen molar-refractivity contribution < 1.29 is 0 Å². The molecule has 0 aromatic rings. The van der Waals surface area contributed by atoms with Gasteiger partial charge in [-0.05, 0) is 12.2 Å². The number of hydrogen-bond acceptors (Lipinski definition) is 1. The molecule has 0 heterocycles. The SMILES string of the molecule is CC.CCCCC(C)CCC.CS. The third-order valence-electron chi connectivity index (χ3n) is 1.83. The van der Waals surface area contributed by atoms with Crippen LogP contribution in [0.2, 0.25) is 0 Å². The number of hydrogen-bond donors (Lipinski definition) is 1. The molecule has 0 radical (unpaired) electrons. The zero-order valence-electron chi connectivity index (χ0n) is 10.6. The lowest BCUT2D eigenvalue weighted by Gasteiger charge is -2.07. The molecule has 0 nitrogen and oxygen atoms in total. The average Bonchev–Trinajstić information content (AvgIpc) is 2.21. The summed E-state index contributed by atoms with van der Waals surface area (Å²) in [5.41, 5.74) is 0. The Labute approximate surface area is 91.9 Å². The van der Waals surface area contributed by atoms with Gasteiger partial charge in [0.1, 0.15) is 0 Å². The summed E-state index contributed by atoms with van der Waals surface area (Å²) in [6.45, 7) is 10.9. The highest BCUT2D eigenvalue weighted by Gasteiger charge is 1.97. The first-order valence-corrected chi connectivity index (χ1v) is 6.65. The van der Waals surface area contributed by atoms with Crippen LogP contribution < -0.4 is 0 Å². The van der Waals surface area contributed by atoms with Crippen molar-refractivity contribution in [3.63, 3.8) is 0 Å². The van der Waals surface area contributed by atoms with E-state index in [0.29, 0.717) is 0 Å². The summed E-state index contributed by atoms with van der Waals surface area (Å²) in [4.78, 5) is 0. The Balaban J connectivity index is -0.000000218. The van der Waals surface area contributed by atoms with Gasteiger partial charge in [-0.25, -0.2) is 0 Å². The minimum atomic E-state index is 0.968. The molecule has 0 aliphatic carbocycles. The van der Waals surface area contributed by atoms with E-state index < -0.39 is 0 Å². The standard InChI is InChI=1S/C9H20.C2H6.CH4S/c1-4-6-8-9(3)7-5-2;2*1-2/h9H,4-8H2,1-3H3;1-2H3;2H,1H3. The molecule has 1 heteroatoms. The predicted molar refractivity (Wildman–Crippen MR) is 69.9 cm³/mol. The van der Waals surface area contributed by atoms with E-state index in [0.717, 1.165) is 5.92 Å². The molecule has 0 amide bonds. The van der Waals surface area contributed by atoms with Gasteiger partial charge in [-0.2, -0.15) is 12.6 Å². The molecule has 0 spiro atoms. The summed E-state index contributed by atoms with van der Waals surface area (Å²) in [6.07, 6.45) is 8.67. The molecule has 0 aliphatic heterocycles. The van der Waals surface area contributed by atoms with Crippen LogP contribution in [0, 0.1) is 5.92 Å². The zero-order chi connectivity index (χ0) is 11.1. The smallest absolute Gasteiger partial charge is 0.0215 e. The maximum atomic E-state index is 3.53. The lowest BCUT2D eigenvalue weighted by molar-refractivity contribution is 0.466. The molecule has 0 rings (SSSR count). The van der Waals surface area contributed by atoms with Crippen molar-refractivity contribution in [2.75, 3.05) is 6.26 Å². The second-order valence-corrected chi connectivity index (χ2v) is 3.04. The average molecular weight is 206 g/mol. The van der Waals surface area contributed by atoms with Gasteiger partial charge in [0.25, 0.3) is 0 Å². The first-order valence-electron chi connectivity index (χ1n) is 5.76. The van der Waals surface area contributed by atoms with Gasteiger partial charge >= 0.3 is 0 Å². The molecule has 0 N–H and O–H groups in total. The predicted octanol–water partition coefficient (Wildman–Crippen LogP) is 5.19. The normalized spacial score (nSPS) is 10.4. The fraction of sp³-hybridized carbons (Fsp3) is 1.00. The van der Waals surface area contributed by atoms with Crippen molar-refractivity contribution in [1.82, 2.24) is 0 Å². The van der Waals surface area contributed by atoms with E-state index in [9.17, 15) is 0 Å².